The smallest absolute Gasteiger partial charge is 0.408 e. The first kappa shape index (κ1) is 12.5. The number of carbonyl (C=O) groups is 1. The van der Waals surface area contributed by atoms with Gasteiger partial charge in [-0.25, -0.2) is 9.78 Å². The summed E-state index contributed by atoms with van der Waals surface area (Å²) in [7, 11) is 0. The molecule has 5 heteroatoms. The van der Waals surface area contributed by atoms with Crippen molar-refractivity contribution in [2.45, 2.75) is 46.3 Å². The molecule has 0 unspecified atom stereocenters. The molecule has 1 N–H and O–H groups in total. The van der Waals surface area contributed by atoms with Crippen LogP contribution in [0.5, 0.6) is 0 Å². The van der Waals surface area contributed by atoms with Gasteiger partial charge in [0, 0.05) is 0 Å². The lowest BCUT2D eigenvalue weighted by molar-refractivity contribution is 0.0502. The van der Waals surface area contributed by atoms with Gasteiger partial charge in [-0.2, -0.15) is 0 Å². The van der Waals surface area contributed by atoms with Gasteiger partial charge >= 0.3 is 6.09 Å². The normalized spacial score (nSPS) is 13.3. The minimum atomic E-state index is -0.500. The Morgan fingerprint density at radius 1 is 1.56 bits per heavy atom. The van der Waals surface area contributed by atoms with Crippen molar-refractivity contribution in [3.05, 3.63) is 17.8 Å². The van der Waals surface area contributed by atoms with E-state index in [9.17, 15) is 4.79 Å². The van der Waals surface area contributed by atoms with E-state index in [2.05, 4.69) is 10.3 Å². The number of ether oxygens (including phenoxy) is 1. The number of carbonyl (C=O) groups excluding carboxylic acids is 1. The number of nitrogens with one attached hydrogen (secondary N) is 1. The summed E-state index contributed by atoms with van der Waals surface area (Å²) in [5, 5.41) is 2.68. The molecular weight excluding hydrogens is 208 g/mol. The predicted octanol–water partition coefficient (Wildman–Crippen LogP) is 2.57. The fourth-order valence-electron chi connectivity index (χ4n) is 1.28. The van der Waals surface area contributed by atoms with E-state index in [4.69, 9.17) is 9.15 Å². The molecule has 0 saturated carbocycles. The quantitative estimate of drug-likeness (QED) is 0.841. The first-order valence-electron chi connectivity index (χ1n) is 5.19. The summed E-state index contributed by atoms with van der Waals surface area (Å²) in [5.41, 5.74) is 0.267. The number of amides is 1. The van der Waals surface area contributed by atoms with Crippen molar-refractivity contribution in [2.75, 3.05) is 0 Å². The summed E-state index contributed by atoms with van der Waals surface area (Å²) in [6.07, 6.45) is 0.897. The zero-order chi connectivity index (χ0) is 12.3. The number of hydrogen-bond acceptors (Lipinski definition) is 4. The van der Waals surface area contributed by atoms with Crippen LogP contribution in [-0.4, -0.2) is 16.7 Å². The molecule has 16 heavy (non-hydrogen) atoms. The Balaban J connectivity index is 2.56. The first-order chi connectivity index (χ1) is 7.29. The van der Waals surface area contributed by atoms with Crippen LogP contribution in [0.3, 0.4) is 0 Å². The first-order valence-corrected chi connectivity index (χ1v) is 5.19. The van der Waals surface area contributed by atoms with Gasteiger partial charge in [0.15, 0.2) is 6.39 Å². The summed E-state index contributed by atoms with van der Waals surface area (Å²) < 4.78 is 10.3. The number of alkyl carbamates (subject to hydrolysis) is 1. The Hall–Kier alpha value is -1.52. The minimum Gasteiger partial charge on any atom is -0.446 e. The van der Waals surface area contributed by atoms with Crippen LogP contribution in [0.1, 0.15) is 45.2 Å². The van der Waals surface area contributed by atoms with Crippen LogP contribution in [0.15, 0.2) is 10.8 Å². The second-order valence-corrected chi connectivity index (χ2v) is 4.67. The van der Waals surface area contributed by atoms with Gasteiger partial charge in [0.2, 0.25) is 0 Å². The lowest BCUT2D eigenvalue weighted by atomic mass is 10.2. The highest BCUT2D eigenvalue weighted by Crippen LogP contribution is 2.16. The van der Waals surface area contributed by atoms with E-state index in [0.29, 0.717) is 5.76 Å². The van der Waals surface area contributed by atoms with Crippen molar-refractivity contribution in [3.8, 4) is 0 Å². The van der Waals surface area contributed by atoms with Crippen molar-refractivity contribution < 1.29 is 13.9 Å². The number of oxazole rings is 1. The molecular formula is C11H18N2O3. The molecule has 0 aliphatic heterocycles. The van der Waals surface area contributed by atoms with E-state index in [0.717, 1.165) is 5.69 Å². The Labute approximate surface area is 95.2 Å². The summed E-state index contributed by atoms with van der Waals surface area (Å²) in [6.45, 7) is 9.09. The maximum atomic E-state index is 11.5. The Morgan fingerprint density at radius 2 is 2.19 bits per heavy atom. The van der Waals surface area contributed by atoms with Crippen LogP contribution in [0.2, 0.25) is 0 Å². The van der Waals surface area contributed by atoms with Crippen LogP contribution >= 0.6 is 0 Å². The van der Waals surface area contributed by atoms with Crippen molar-refractivity contribution in [3.63, 3.8) is 0 Å². The largest absolute Gasteiger partial charge is 0.446 e. The molecule has 0 spiro atoms. The van der Waals surface area contributed by atoms with Gasteiger partial charge < -0.3 is 14.5 Å². The van der Waals surface area contributed by atoms with Crippen molar-refractivity contribution in [1.82, 2.24) is 10.3 Å². The number of nitrogens with zero attached hydrogens (tertiary/aromatic N) is 1. The molecule has 1 rings (SSSR count). The predicted molar refractivity (Wildman–Crippen MR) is 59.0 cm³/mol. The van der Waals surface area contributed by atoms with Crippen molar-refractivity contribution in [1.29, 1.82) is 0 Å². The molecule has 1 heterocycles. The Bertz CT molecular complexity index is 366. The molecule has 1 aromatic heterocycles. The van der Waals surface area contributed by atoms with E-state index in [1.165, 1.54) is 6.39 Å². The van der Waals surface area contributed by atoms with E-state index in [-0.39, 0.29) is 6.04 Å². The fraction of sp³-hybridized carbons (Fsp3) is 0.636. The molecule has 1 aromatic rings. The van der Waals surface area contributed by atoms with Crippen molar-refractivity contribution in [2.24, 2.45) is 0 Å². The number of aryl methyl sites for hydroxylation is 1. The molecule has 0 aromatic carbocycles. The van der Waals surface area contributed by atoms with Gasteiger partial charge in [0.25, 0.3) is 0 Å². The molecule has 90 valence electrons. The average Bonchev–Trinajstić information content (AvgIpc) is 2.47. The molecule has 0 aliphatic rings. The fourth-order valence-corrected chi connectivity index (χ4v) is 1.28. The van der Waals surface area contributed by atoms with Gasteiger partial charge in [-0.15, -0.1) is 0 Å². The SMILES string of the molecule is Cc1ncoc1[C@H](C)NC(=O)OC(C)(C)C. The van der Waals surface area contributed by atoms with E-state index in [1.807, 2.05) is 34.6 Å². The van der Waals surface area contributed by atoms with Gasteiger partial charge in [-0.05, 0) is 34.6 Å². The highest BCUT2D eigenvalue weighted by Gasteiger charge is 2.20. The van der Waals surface area contributed by atoms with Crippen LogP contribution in [0.25, 0.3) is 0 Å². The third kappa shape index (κ3) is 3.56. The third-order valence-electron chi connectivity index (χ3n) is 1.91. The van der Waals surface area contributed by atoms with Gasteiger partial charge in [-0.1, -0.05) is 0 Å². The van der Waals surface area contributed by atoms with E-state index in [1.54, 1.807) is 0 Å². The van der Waals surface area contributed by atoms with Gasteiger partial charge in [0.1, 0.15) is 11.4 Å². The molecule has 0 fully saturated rings. The zero-order valence-corrected chi connectivity index (χ0v) is 10.3. The Morgan fingerprint density at radius 3 is 2.62 bits per heavy atom. The molecule has 0 saturated heterocycles. The standard InChI is InChI=1S/C11H18N2O3/c1-7-9(15-6-12-7)8(2)13-10(14)16-11(3,4)5/h6,8H,1-5H3,(H,13,14)/t8-/m0/s1. The highest BCUT2D eigenvalue weighted by molar-refractivity contribution is 5.68. The van der Waals surface area contributed by atoms with Crippen LogP contribution in [0, 0.1) is 6.92 Å². The van der Waals surface area contributed by atoms with E-state index >= 15 is 0 Å². The average molecular weight is 226 g/mol. The molecule has 1 amide bonds. The molecule has 5 nitrogen and oxygen atoms in total. The van der Waals surface area contributed by atoms with Crippen LogP contribution < -0.4 is 5.32 Å². The molecule has 0 bridgehead atoms. The maximum Gasteiger partial charge on any atom is 0.408 e. The number of rotatable bonds is 2. The van der Waals surface area contributed by atoms with Gasteiger partial charge in [0.05, 0.1) is 11.7 Å². The molecule has 1 atom stereocenters. The maximum absolute atomic E-state index is 11.5. The number of hydrogen-bond donors (Lipinski definition) is 1. The van der Waals surface area contributed by atoms with Gasteiger partial charge in [-0.3, -0.25) is 0 Å². The number of aromatic nitrogens is 1. The second kappa shape index (κ2) is 4.55. The third-order valence-corrected chi connectivity index (χ3v) is 1.91. The van der Waals surface area contributed by atoms with Crippen molar-refractivity contribution >= 4 is 6.09 Å². The topological polar surface area (TPSA) is 64.4 Å². The lowest BCUT2D eigenvalue weighted by Gasteiger charge is -2.21. The highest BCUT2D eigenvalue weighted by atomic mass is 16.6. The molecule has 0 radical (unpaired) electrons. The van der Waals surface area contributed by atoms with E-state index < -0.39 is 11.7 Å². The second-order valence-electron chi connectivity index (χ2n) is 4.67. The summed E-state index contributed by atoms with van der Waals surface area (Å²) in [4.78, 5) is 15.4. The zero-order valence-electron chi connectivity index (χ0n) is 10.3. The minimum absolute atomic E-state index is 0.252. The lowest BCUT2D eigenvalue weighted by Crippen LogP contribution is -2.34. The summed E-state index contributed by atoms with van der Waals surface area (Å²) in [6, 6.07) is -0.252. The summed E-state index contributed by atoms with van der Waals surface area (Å²) in [5.74, 6) is 0.644. The van der Waals surface area contributed by atoms with Crippen LogP contribution in [0.4, 0.5) is 4.79 Å². The molecule has 0 aliphatic carbocycles. The monoisotopic (exact) mass is 226 g/mol. The summed E-state index contributed by atoms with van der Waals surface area (Å²) >= 11 is 0. The Kier molecular flexibility index (Phi) is 3.57. The van der Waals surface area contributed by atoms with Crippen LogP contribution in [-0.2, 0) is 4.74 Å².